The van der Waals surface area contributed by atoms with Crippen molar-refractivity contribution in [3.8, 4) is 11.5 Å². The zero-order chi connectivity index (χ0) is 12.8. The van der Waals surface area contributed by atoms with Gasteiger partial charge in [0.25, 0.3) is 0 Å². The standard InChI is InChI=1S/C13H18O4/c1-3-4-5-6-10-8-7-9(2)12(11(10)14)17-13(15)16/h7-8,14H,3-6H2,1-2H3,(H,15,16). The minimum atomic E-state index is -1.41. The number of rotatable bonds is 5. The summed E-state index contributed by atoms with van der Waals surface area (Å²) in [6.45, 7) is 3.81. The van der Waals surface area contributed by atoms with Crippen molar-refractivity contribution in [3.63, 3.8) is 0 Å². The van der Waals surface area contributed by atoms with Crippen molar-refractivity contribution in [1.82, 2.24) is 0 Å². The summed E-state index contributed by atoms with van der Waals surface area (Å²) < 4.78 is 4.59. The lowest BCUT2D eigenvalue weighted by Crippen LogP contribution is -2.05. The molecule has 1 aromatic carbocycles. The second kappa shape index (κ2) is 6.13. The maximum atomic E-state index is 10.5. The lowest BCUT2D eigenvalue weighted by Gasteiger charge is -2.11. The predicted molar refractivity (Wildman–Crippen MR) is 64.7 cm³/mol. The summed E-state index contributed by atoms with van der Waals surface area (Å²) in [6.07, 6.45) is 2.48. The molecule has 0 aliphatic carbocycles. The molecule has 0 saturated heterocycles. The summed E-state index contributed by atoms with van der Waals surface area (Å²) in [7, 11) is 0. The van der Waals surface area contributed by atoms with E-state index in [4.69, 9.17) is 5.11 Å². The summed E-state index contributed by atoms with van der Waals surface area (Å²) in [6, 6.07) is 3.58. The van der Waals surface area contributed by atoms with Crippen LogP contribution in [0, 0.1) is 6.92 Å². The first-order valence-corrected chi connectivity index (χ1v) is 5.78. The molecular weight excluding hydrogens is 220 g/mol. The molecule has 4 nitrogen and oxygen atoms in total. The van der Waals surface area contributed by atoms with Gasteiger partial charge < -0.3 is 14.9 Å². The van der Waals surface area contributed by atoms with E-state index in [-0.39, 0.29) is 11.5 Å². The largest absolute Gasteiger partial charge is 0.511 e. The fraction of sp³-hybridized carbons (Fsp3) is 0.462. The molecule has 0 fully saturated rings. The molecule has 0 heterocycles. The molecule has 0 amide bonds. The SMILES string of the molecule is CCCCCc1ccc(C)c(OC(=O)O)c1O. The highest BCUT2D eigenvalue weighted by Crippen LogP contribution is 2.34. The normalized spacial score (nSPS) is 10.2. The second-order valence-electron chi connectivity index (χ2n) is 4.04. The Balaban J connectivity index is 2.89. The van der Waals surface area contributed by atoms with Crippen LogP contribution in [0.15, 0.2) is 12.1 Å². The number of phenolic OH excluding ortho intramolecular Hbond substituents is 1. The van der Waals surface area contributed by atoms with Gasteiger partial charge in [-0.3, -0.25) is 0 Å². The van der Waals surface area contributed by atoms with Crippen molar-refractivity contribution in [3.05, 3.63) is 23.3 Å². The van der Waals surface area contributed by atoms with Gasteiger partial charge in [-0.15, -0.1) is 0 Å². The van der Waals surface area contributed by atoms with Crippen LogP contribution in [0.4, 0.5) is 4.79 Å². The number of aryl methyl sites for hydroxylation is 2. The molecular formula is C13H18O4. The van der Waals surface area contributed by atoms with Gasteiger partial charge >= 0.3 is 6.16 Å². The third-order valence-corrected chi connectivity index (χ3v) is 2.65. The first-order valence-electron chi connectivity index (χ1n) is 5.78. The van der Waals surface area contributed by atoms with Gasteiger partial charge in [0.1, 0.15) is 0 Å². The van der Waals surface area contributed by atoms with E-state index in [9.17, 15) is 9.90 Å². The predicted octanol–water partition coefficient (Wildman–Crippen LogP) is 3.49. The molecule has 0 aliphatic rings. The van der Waals surface area contributed by atoms with E-state index in [1.165, 1.54) is 0 Å². The molecule has 0 bridgehead atoms. The van der Waals surface area contributed by atoms with E-state index in [1.54, 1.807) is 13.0 Å². The maximum absolute atomic E-state index is 10.5. The van der Waals surface area contributed by atoms with E-state index in [1.807, 2.05) is 6.07 Å². The van der Waals surface area contributed by atoms with Crippen LogP contribution in [0.3, 0.4) is 0 Å². The Morgan fingerprint density at radius 2 is 2.06 bits per heavy atom. The highest BCUT2D eigenvalue weighted by atomic mass is 16.7. The number of hydrogen-bond donors (Lipinski definition) is 2. The van der Waals surface area contributed by atoms with Crippen molar-refractivity contribution < 1.29 is 19.7 Å². The Kier molecular flexibility index (Phi) is 4.82. The zero-order valence-corrected chi connectivity index (χ0v) is 10.2. The molecule has 1 rings (SSSR count). The number of hydrogen-bond acceptors (Lipinski definition) is 3. The molecule has 2 N–H and O–H groups in total. The summed E-state index contributed by atoms with van der Waals surface area (Å²) >= 11 is 0. The summed E-state index contributed by atoms with van der Waals surface area (Å²) in [5.74, 6) is -0.00463. The maximum Gasteiger partial charge on any atom is 0.511 e. The number of carbonyl (C=O) groups is 1. The van der Waals surface area contributed by atoms with Gasteiger partial charge in [-0.2, -0.15) is 0 Å². The molecule has 1 aromatic rings. The minimum Gasteiger partial charge on any atom is -0.504 e. The van der Waals surface area contributed by atoms with Crippen LogP contribution in [0.25, 0.3) is 0 Å². The Labute approximate surface area is 101 Å². The van der Waals surface area contributed by atoms with E-state index in [2.05, 4.69) is 11.7 Å². The quantitative estimate of drug-likeness (QED) is 0.468. The second-order valence-corrected chi connectivity index (χ2v) is 4.04. The number of unbranched alkanes of at least 4 members (excludes halogenated alkanes) is 2. The summed E-state index contributed by atoms with van der Waals surface area (Å²) in [5, 5.41) is 18.5. The molecule has 94 valence electrons. The lowest BCUT2D eigenvalue weighted by atomic mass is 10.0. The average Bonchev–Trinajstić information content (AvgIpc) is 2.27. The van der Waals surface area contributed by atoms with Crippen LogP contribution in [-0.2, 0) is 6.42 Å². The van der Waals surface area contributed by atoms with Gasteiger partial charge in [0, 0.05) is 0 Å². The van der Waals surface area contributed by atoms with Crippen LogP contribution in [-0.4, -0.2) is 16.4 Å². The summed E-state index contributed by atoms with van der Waals surface area (Å²) in [4.78, 5) is 10.5. The van der Waals surface area contributed by atoms with Crippen LogP contribution in [0.2, 0.25) is 0 Å². The lowest BCUT2D eigenvalue weighted by molar-refractivity contribution is 0.142. The van der Waals surface area contributed by atoms with Crippen LogP contribution in [0.5, 0.6) is 11.5 Å². The number of benzene rings is 1. The van der Waals surface area contributed by atoms with Gasteiger partial charge in [-0.1, -0.05) is 31.9 Å². The van der Waals surface area contributed by atoms with Crippen molar-refractivity contribution in [1.29, 1.82) is 0 Å². The molecule has 0 unspecified atom stereocenters. The molecule has 4 heteroatoms. The highest BCUT2D eigenvalue weighted by Gasteiger charge is 2.14. The van der Waals surface area contributed by atoms with Crippen molar-refractivity contribution >= 4 is 6.16 Å². The summed E-state index contributed by atoms with van der Waals surface area (Å²) in [5.41, 5.74) is 1.35. The van der Waals surface area contributed by atoms with Crippen LogP contribution >= 0.6 is 0 Å². The Hall–Kier alpha value is -1.71. The van der Waals surface area contributed by atoms with Gasteiger partial charge in [-0.05, 0) is 30.9 Å². The third-order valence-electron chi connectivity index (χ3n) is 2.65. The number of ether oxygens (including phenoxy) is 1. The smallest absolute Gasteiger partial charge is 0.504 e. The number of carboxylic acid groups (broad SMARTS) is 1. The average molecular weight is 238 g/mol. The molecule has 0 spiro atoms. The van der Waals surface area contributed by atoms with Gasteiger partial charge in [0.15, 0.2) is 11.5 Å². The molecule has 0 aliphatic heterocycles. The topological polar surface area (TPSA) is 66.8 Å². The van der Waals surface area contributed by atoms with Crippen molar-refractivity contribution in [2.24, 2.45) is 0 Å². The van der Waals surface area contributed by atoms with E-state index in [0.717, 1.165) is 31.2 Å². The Morgan fingerprint density at radius 3 is 2.65 bits per heavy atom. The van der Waals surface area contributed by atoms with E-state index in [0.29, 0.717) is 5.56 Å². The van der Waals surface area contributed by atoms with Gasteiger partial charge in [0.2, 0.25) is 0 Å². The molecule has 0 aromatic heterocycles. The third kappa shape index (κ3) is 3.66. The fourth-order valence-electron chi connectivity index (χ4n) is 1.70. The fourth-order valence-corrected chi connectivity index (χ4v) is 1.70. The first kappa shape index (κ1) is 13.4. The van der Waals surface area contributed by atoms with Crippen LogP contribution in [0.1, 0.15) is 37.3 Å². The van der Waals surface area contributed by atoms with Crippen LogP contribution < -0.4 is 4.74 Å². The Morgan fingerprint density at radius 1 is 1.35 bits per heavy atom. The first-order chi connectivity index (χ1) is 8.06. The monoisotopic (exact) mass is 238 g/mol. The highest BCUT2D eigenvalue weighted by molar-refractivity contribution is 5.65. The van der Waals surface area contributed by atoms with Gasteiger partial charge in [0.05, 0.1) is 0 Å². The number of aromatic hydroxyl groups is 1. The molecule has 0 radical (unpaired) electrons. The Bertz CT molecular complexity index is 399. The number of phenols is 1. The minimum absolute atomic E-state index is 0.0477. The van der Waals surface area contributed by atoms with Crippen molar-refractivity contribution in [2.75, 3.05) is 0 Å². The molecule has 0 atom stereocenters. The zero-order valence-electron chi connectivity index (χ0n) is 10.2. The van der Waals surface area contributed by atoms with Crippen molar-refractivity contribution in [2.45, 2.75) is 39.5 Å². The van der Waals surface area contributed by atoms with E-state index >= 15 is 0 Å². The van der Waals surface area contributed by atoms with Gasteiger partial charge in [-0.25, -0.2) is 4.79 Å². The molecule has 17 heavy (non-hydrogen) atoms. The molecule has 0 saturated carbocycles. The van der Waals surface area contributed by atoms with E-state index < -0.39 is 6.16 Å².